The Morgan fingerprint density at radius 3 is 2.87 bits per heavy atom. The molecule has 0 aliphatic carbocycles. The van der Waals surface area contributed by atoms with E-state index in [1.807, 2.05) is 0 Å². The van der Waals surface area contributed by atoms with Crippen molar-refractivity contribution in [1.29, 1.82) is 0 Å². The number of rotatable bonds is 5. The van der Waals surface area contributed by atoms with Gasteiger partial charge in [0.1, 0.15) is 13.2 Å². The van der Waals surface area contributed by atoms with Crippen molar-refractivity contribution in [2.75, 3.05) is 26.9 Å². The lowest BCUT2D eigenvalue weighted by Crippen LogP contribution is -2.43. The Hall–Kier alpha value is -2.25. The highest BCUT2D eigenvalue weighted by atomic mass is 35.5. The summed E-state index contributed by atoms with van der Waals surface area (Å²) in [6, 6.07) is 2.21. The van der Waals surface area contributed by atoms with Crippen LogP contribution in [0.4, 0.5) is 0 Å². The summed E-state index contributed by atoms with van der Waals surface area (Å²) in [5, 5.41) is 11.7. The number of methoxy groups -OCH3 is 1. The standard InChI is InChI=1S/C15H16ClNO6/c1-21-15(20)11(8-18)17-13(19)3-2-9-6-10(16)14-12(7-9)22-4-5-23-14/h2-3,6-7,11,18H,4-5,8H2,1H3,(H,17,19)/b3-2+/t11-/m0/s1. The molecule has 0 fully saturated rings. The van der Waals surface area contributed by atoms with Crippen molar-refractivity contribution < 1.29 is 28.9 Å². The molecule has 0 spiro atoms. The van der Waals surface area contributed by atoms with Crippen molar-refractivity contribution in [3.05, 3.63) is 28.8 Å². The first-order valence-electron chi connectivity index (χ1n) is 6.81. The summed E-state index contributed by atoms with van der Waals surface area (Å²) in [5.74, 6) is -0.297. The van der Waals surface area contributed by atoms with Crippen molar-refractivity contribution in [3.8, 4) is 11.5 Å². The molecule has 23 heavy (non-hydrogen) atoms. The first-order valence-corrected chi connectivity index (χ1v) is 7.19. The van der Waals surface area contributed by atoms with E-state index < -0.39 is 24.5 Å². The van der Waals surface area contributed by atoms with E-state index in [1.165, 1.54) is 19.3 Å². The molecule has 0 unspecified atom stereocenters. The van der Waals surface area contributed by atoms with Crippen LogP contribution < -0.4 is 14.8 Å². The second kappa shape index (κ2) is 7.85. The minimum Gasteiger partial charge on any atom is -0.486 e. The fourth-order valence-corrected chi connectivity index (χ4v) is 2.21. The summed E-state index contributed by atoms with van der Waals surface area (Å²) in [7, 11) is 1.17. The van der Waals surface area contributed by atoms with Gasteiger partial charge in [0.2, 0.25) is 5.91 Å². The molecule has 1 aromatic carbocycles. The molecule has 1 atom stereocenters. The van der Waals surface area contributed by atoms with Gasteiger partial charge in [-0.1, -0.05) is 11.6 Å². The van der Waals surface area contributed by atoms with Gasteiger partial charge >= 0.3 is 5.97 Å². The third kappa shape index (κ3) is 4.37. The molecule has 0 saturated carbocycles. The second-order valence-electron chi connectivity index (χ2n) is 4.63. The summed E-state index contributed by atoms with van der Waals surface area (Å²) < 4.78 is 15.3. The number of halogens is 1. The third-order valence-corrected chi connectivity index (χ3v) is 3.31. The van der Waals surface area contributed by atoms with E-state index in [2.05, 4.69) is 10.1 Å². The molecule has 2 N–H and O–H groups in total. The predicted octanol–water partition coefficient (Wildman–Crippen LogP) is 0.774. The SMILES string of the molecule is COC(=O)[C@H](CO)NC(=O)/C=C/c1cc(Cl)c2c(c1)OCCO2. The predicted molar refractivity (Wildman–Crippen MR) is 82.5 cm³/mol. The molecule has 124 valence electrons. The smallest absolute Gasteiger partial charge is 0.330 e. The second-order valence-corrected chi connectivity index (χ2v) is 5.03. The van der Waals surface area contributed by atoms with Crippen LogP contribution in [-0.4, -0.2) is 50.0 Å². The van der Waals surface area contributed by atoms with Crippen LogP contribution >= 0.6 is 11.6 Å². The summed E-state index contributed by atoms with van der Waals surface area (Å²) in [6.45, 7) is 0.302. The van der Waals surface area contributed by atoms with Crippen LogP contribution in [0.2, 0.25) is 5.02 Å². The van der Waals surface area contributed by atoms with Crippen LogP contribution in [0.5, 0.6) is 11.5 Å². The lowest BCUT2D eigenvalue weighted by molar-refractivity contribution is -0.145. The molecule has 1 aliphatic heterocycles. The zero-order valence-corrected chi connectivity index (χ0v) is 13.1. The topological polar surface area (TPSA) is 94.1 Å². The first-order chi connectivity index (χ1) is 11.0. The van der Waals surface area contributed by atoms with Gasteiger partial charge in [0.05, 0.1) is 18.7 Å². The van der Waals surface area contributed by atoms with E-state index in [1.54, 1.807) is 12.1 Å². The van der Waals surface area contributed by atoms with Gasteiger partial charge in [0.25, 0.3) is 0 Å². The van der Waals surface area contributed by atoms with Crippen molar-refractivity contribution in [2.24, 2.45) is 0 Å². The summed E-state index contributed by atoms with van der Waals surface area (Å²) in [6.07, 6.45) is 2.72. The molecule has 1 amide bonds. The number of aliphatic hydroxyl groups excluding tert-OH is 1. The minimum atomic E-state index is -1.11. The van der Waals surface area contributed by atoms with E-state index in [4.69, 9.17) is 26.2 Å². The zero-order valence-electron chi connectivity index (χ0n) is 12.4. The molecule has 1 heterocycles. The number of amides is 1. The van der Waals surface area contributed by atoms with Crippen LogP contribution in [0.15, 0.2) is 18.2 Å². The number of hydrogen-bond acceptors (Lipinski definition) is 6. The number of carbonyl (C=O) groups excluding carboxylic acids is 2. The maximum absolute atomic E-state index is 11.8. The number of aliphatic hydroxyl groups is 1. The monoisotopic (exact) mass is 341 g/mol. The number of nitrogens with one attached hydrogen (secondary N) is 1. The van der Waals surface area contributed by atoms with Crippen LogP contribution in [0, 0.1) is 0 Å². The number of esters is 1. The number of carbonyl (C=O) groups is 2. The van der Waals surface area contributed by atoms with Gasteiger partial charge in [-0.05, 0) is 23.8 Å². The molecule has 1 aliphatic rings. The molecule has 0 saturated heterocycles. The third-order valence-electron chi connectivity index (χ3n) is 3.03. The largest absolute Gasteiger partial charge is 0.486 e. The molecule has 0 bridgehead atoms. The maximum atomic E-state index is 11.8. The number of benzene rings is 1. The quantitative estimate of drug-likeness (QED) is 0.607. The zero-order chi connectivity index (χ0) is 16.8. The Kier molecular flexibility index (Phi) is 5.84. The highest BCUT2D eigenvalue weighted by Gasteiger charge is 2.19. The molecule has 8 heteroatoms. The molecule has 7 nitrogen and oxygen atoms in total. The Morgan fingerprint density at radius 1 is 1.43 bits per heavy atom. The fourth-order valence-electron chi connectivity index (χ4n) is 1.94. The summed E-state index contributed by atoms with van der Waals surface area (Å²) in [4.78, 5) is 23.1. The summed E-state index contributed by atoms with van der Waals surface area (Å²) >= 11 is 6.10. The van der Waals surface area contributed by atoms with E-state index in [0.29, 0.717) is 35.3 Å². The van der Waals surface area contributed by atoms with Crippen LogP contribution in [-0.2, 0) is 14.3 Å². The lowest BCUT2D eigenvalue weighted by atomic mass is 10.1. The Bertz CT molecular complexity index is 631. The van der Waals surface area contributed by atoms with Crippen LogP contribution in [0.1, 0.15) is 5.56 Å². The molecule has 0 radical (unpaired) electrons. The van der Waals surface area contributed by atoms with E-state index >= 15 is 0 Å². The number of ether oxygens (including phenoxy) is 3. The average Bonchev–Trinajstić information content (AvgIpc) is 2.57. The highest BCUT2D eigenvalue weighted by molar-refractivity contribution is 6.32. The highest BCUT2D eigenvalue weighted by Crippen LogP contribution is 2.38. The van der Waals surface area contributed by atoms with Gasteiger partial charge in [-0.3, -0.25) is 4.79 Å². The average molecular weight is 342 g/mol. The normalized spacial score (nSPS) is 14.4. The van der Waals surface area contributed by atoms with Crippen molar-refractivity contribution in [1.82, 2.24) is 5.32 Å². The molecule has 2 rings (SSSR count). The van der Waals surface area contributed by atoms with Gasteiger partial charge in [-0.2, -0.15) is 0 Å². The lowest BCUT2D eigenvalue weighted by Gasteiger charge is -2.19. The van der Waals surface area contributed by atoms with Crippen molar-refractivity contribution in [2.45, 2.75) is 6.04 Å². The Labute approximate surface area is 137 Å². The molecule has 0 aromatic heterocycles. The van der Waals surface area contributed by atoms with E-state index in [-0.39, 0.29) is 0 Å². The van der Waals surface area contributed by atoms with E-state index in [0.717, 1.165) is 0 Å². The van der Waals surface area contributed by atoms with Gasteiger partial charge in [-0.25, -0.2) is 4.79 Å². The minimum absolute atomic E-state index is 0.380. The van der Waals surface area contributed by atoms with Crippen molar-refractivity contribution >= 4 is 29.6 Å². The van der Waals surface area contributed by atoms with Gasteiger partial charge < -0.3 is 24.6 Å². The van der Waals surface area contributed by atoms with Gasteiger partial charge in [-0.15, -0.1) is 0 Å². The van der Waals surface area contributed by atoms with Gasteiger partial charge in [0, 0.05) is 6.08 Å². The Morgan fingerprint density at radius 2 is 2.17 bits per heavy atom. The Balaban J connectivity index is 2.06. The molecule has 1 aromatic rings. The van der Waals surface area contributed by atoms with Crippen LogP contribution in [0.3, 0.4) is 0 Å². The van der Waals surface area contributed by atoms with Crippen LogP contribution in [0.25, 0.3) is 6.08 Å². The molecular formula is C15H16ClNO6. The van der Waals surface area contributed by atoms with Crippen molar-refractivity contribution in [3.63, 3.8) is 0 Å². The maximum Gasteiger partial charge on any atom is 0.330 e. The number of hydrogen-bond donors (Lipinski definition) is 2. The number of fused-ring (bicyclic) bond motifs is 1. The molecular weight excluding hydrogens is 326 g/mol. The fraction of sp³-hybridized carbons (Fsp3) is 0.333. The van der Waals surface area contributed by atoms with E-state index in [9.17, 15) is 9.59 Å². The van der Waals surface area contributed by atoms with Gasteiger partial charge in [0.15, 0.2) is 17.5 Å². The summed E-state index contributed by atoms with van der Waals surface area (Å²) in [5.41, 5.74) is 0.632. The first kappa shape index (κ1) is 17.1.